The van der Waals surface area contributed by atoms with Gasteiger partial charge >= 0.3 is 5.97 Å². The standard InChI is InChI=1S/C22H14ClN3O3/c23-15-7-5-14(6-8-15)21(27)25-16-9-11-17(12-10-16)29-22(28)20-13-24-18-3-1-2-4-19(18)26-20/h1-13H,(H,25,27). The van der Waals surface area contributed by atoms with E-state index in [9.17, 15) is 9.59 Å². The molecule has 0 saturated heterocycles. The van der Waals surface area contributed by atoms with Crippen molar-refractivity contribution in [1.29, 1.82) is 0 Å². The fraction of sp³-hybridized carbons (Fsp3) is 0. The fourth-order valence-corrected chi connectivity index (χ4v) is 2.75. The zero-order valence-electron chi connectivity index (χ0n) is 15.0. The molecule has 0 atom stereocenters. The molecule has 1 aromatic heterocycles. The minimum absolute atomic E-state index is 0.115. The lowest BCUT2D eigenvalue weighted by molar-refractivity contribution is 0.0728. The predicted octanol–water partition coefficient (Wildman–Crippen LogP) is 4.75. The molecule has 0 unspecified atom stereocenters. The SMILES string of the molecule is O=C(Nc1ccc(OC(=O)c2cnc3ccccc3n2)cc1)c1ccc(Cl)cc1. The minimum Gasteiger partial charge on any atom is -0.422 e. The molecule has 1 heterocycles. The monoisotopic (exact) mass is 403 g/mol. The van der Waals surface area contributed by atoms with Gasteiger partial charge < -0.3 is 10.1 Å². The average Bonchev–Trinajstić information content (AvgIpc) is 2.75. The smallest absolute Gasteiger partial charge is 0.363 e. The van der Waals surface area contributed by atoms with Crippen molar-refractivity contribution >= 4 is 40.2 Å². The van der Waals surface area contributed by atoms with Crippen LogP contribution in [0.25, 0.3) is 11.0 Å². The van der Waals surface area contributed by atoms with Gasteiger partial charge in [0.15, 0.2) is 5.69 Å². The van der Waals surface area contributed by atoms with Crippen molar-refractivity contribution < 1.29 is 14.3 Å². The summed E-state index contributed by atoms with van der Waals surface area (Å²) in [5.41, 5.74) is 2.48. The maximum absolute atomic E-state index is 12.3. The van der Waals surface area contributed by atoms with Gasteiger partial charge in [-0.15, -0.1) is 0 Å². The maximum Gasteiger partial charge on any atom is 0.363 e. The van der Waals surface area contributed by atoms with Crippen LogP contribution < -0.4 is 10.1 Å². The van der Waals surface area contributed by atoms with E-state index in [4.69, 9.17) is 16.3 Å². The summed E-state index contributed by atoms with van der Waals surface area (Å²) in [7, 11) is 0. The highest BCUT2D eigenvalue weighted by Gasteiger charge is 2.12. The van der Waals surface area contributed by atoms with Crippen molar-refractivity contribution in [2.24, 2.45) is 0 Å². The van der Waals surface area contributed by atoms with Crippen molar-refractivity contribution in [3.63, 3.8) is 0 Å². The second-order valence-electron chi connectivity index (χ2n) is 6.12. The van der Waals surface area contributed by atoms with Crippen LogP contribution >= 0.6 is 11.6 Å². The van der Waals surface area contributed by atoms with E-state index in [0.717, 1.165) is 0 Å². The number of amides is 1. The normalized spacial score (nSPS) is 10.5. The predicted molar refractivity (Wildman–Crippen MR) is 110 cm³/mol. The number of nitrogens with zero attached hydrogens (tertiary/aromatic N) is 2. The third-order valence-corrected chi connectivity index (χ3v) is 4.34. The van der Waals surface area contributed by atoms with E-state index in [0.29, 0.717) is 33.1 Å². The fourth-order valence-electron chi connectivity index (χ4n) is 2.63. The third-order valence-electron chi connectivity index (χ3n) is 4.09. The van der Waals surface area contributed by atoms with Crippen molar-refractivity contribution in [2.45, 2.75) is 0 Å². The van der Waals surface area contributed by atoms with Crippen LogP contribution in [0, 0.1) is 0 Å². The molecule has 1 N–H and O–H groups in total. The van der Waals surface area contributed by atoms with Crippen LogP contribution in [0.15, 0.2) is 79.0 Å². The summed E-state index contributed by atoms with van der Waals surface area (Å²) >= 11 is 5.83. The zero-order chi connectivity index (χ0) is 20.2. The Morgan fingerprint density at radius 2 is 1.55 bits per heavy atom. The summed E-state index contributed by atoms with van der Waals surface area (Å²) in [6, 6.07) is 20.3. The van der Waals surface area contributed by atoms with Gasteiger partial charge in [-0.25, -0.2) is 9.78 Å². The van der Waals surface area contributed by atoms with Gasteiger partial charge in [0, 0.05) is 16.3 Å². The van der Waals surface area contributed by atoms with Gasteiger partial charge in [0.2, 0.25) is 0 Å². The van der Waals surface area contributed by atoms with Crippen LogP contribution in [0.2, 0.25) is 5.02 Å². The number of nitrogens with one attached hydrogen (secondary N) is 1. The summed E-state index contributed by atoms with van der Waals surface area (Å²) in [6.45, 7) is 0. The number of carbonyl (C=O) groups excluding carboxylic acids is 2. The second-order valence-corrected chi connectivity index (χ2v) is 6.56. The molecule has 0 radical (unpaired) electrons. The Morgan fingerprint density at radius 3 is 2.28 bits per heavy atom. The summed E-state index contributed by atoms with van der Waals surface area (Å²) in [5.74, 6) is -0.548. The van der Waals surface area contributed by atoms with Crippen molar-refractivity contribution in [3.8, 4) is 5.75 Å². The molecule has 1 amide bonds. The molecule has 0 aliphatic heterocycles. The summed E-state index contributed by atoms with van der Waals surface area (Å²) in [5, 5.41) is 3.32. The highest BCUT2D eigenvalue weighted by atomic mass is 35.5. The van der Waals surface area contributed by atoms with Crippen LogP contribution in [0.3, 0.4) is 0 Å². The molecule has 3 aromatic carbocycles. The first kappa shape index (κ1) is 18.6. The lowest BCUT2D eigenvalue weighted by atomic mass is 10.2. The van der Waals surface area contributed by atoms with Crippen LogP contribution in [0.4, 0.5) is 5.69 Å². The molecule has 6 nitrogen and oxygen atoms in total. The Hall–Kier alpha value is -3.77. The Bertz CT molecular complexity index is 1190. The number of hydrogen-bond donors (Lipinski definition) is 1. The molecule has 29 heavy (non-hydrogen) atoms. The molecule has 0 fully saturated rings. The number of para-hydroxylation sites is 2. The number of halogens is 1. The van der Waals surface area contributed by atoms with Crippen LogP contribution in [0.5, 0.6) is 5.75 Å². The lowest BCUT2D eigenvalue weighted by Crippen LogP contribution is -2.12. The first-order valence-electron chi connectivity index (χ1n) is 8.69. The lowest BCUT2D eigenvalue weighted by Gasteiger charge is -2.07. The maximum atomic E-state index is 12.3. The molecule has 142 valence electrons. The van der Waals surface area contributed by atoms with E-state index in [1.54, 1.807) is 54.6 Å². The highest BCUT2D eigenvalue weighted by Crippen LogP contribution is 2.18. The molecule has 0 saturated carbocycles. The van der Waals surface area contributed by atoms with Gasteiger partial charge in [0.05, 0.1) is 17.2 Å². The first-order valence-corrected chi connectivity index (χ1v) is 9.07. The molecule has 0 aliphatic carbocycles. The van der Waals surface area contributed by atoms with Crippen molar-refractivity contribution in [2.75, 3.05) is 5.32 Å². The molecule has 7 heteroatoms. The van der Waals surface area contributed by atoms with E-state index >= 15 is 0 Å². The van der Waals surface area contributed by atoms with Crippen LogP contribution in [0.1, 0.15) is 20.8 Å². The summed E-state index contributed by atoms with van der Waals surface area (Å²) < 4.78 is 5.34. The molecule has 0 spiro atoms. The molecule has 0 aliphatic rings. The number of benzene rings is 3. The third kappa shape index (κ3) is 4.39. The van der Waals surface area contributed by atoms with E-state index < -0.39 is 5.97 Å². The van der Waals surface area contributed by atoms with Crippen molar-refractivity contribution in [1.82, 2.24) is 9.97 Å². The summed E-state index contributed by atoms with van der Waals surface area (Å²) in [4.78, 5) is 33.0. The molecule has 4 rings (SSSR count). The van der Waals surface area contributed by atoms with Gasteiger partial charge in [0.1, 0.15) is 5.75 Å². The number of esters is 1. The van der Waals surface area contributed by atoms with E-state index in [2.05, 4.69) is 15.3 Å². The van der Waals surface area contributed by atoms with Gasteiger partial charge in [0.25, 0.3) is 5.91 Å². The Kier molecular flexibility index (Phi) is 5.18. The van der Waals surface area contributed by atoms with Gasteiger partial charge in [-0.1, -0.05) is 23.7 Å². The number of fused-ring (bicyclic) bond motifs is 1. The molecular weight excluding hydrogens is 390 g/mol. The summed E-state index contributed by atoms with van der Waals surface area (Å²) in [6.07, 6.45) is 1.38. The molecule has 4 aromatic rings. The van der Waals surface area contributed by atoms with Crippen LogP contribution in [-0.2, 0) is 0 Å². The largest absolute Gasteiger partial charge is 0.422 e. The van der Waals surface area contributed by atoms with E-state index in [-0.39, 0.29) is 11.6 Å². The Morgan fingerprint density at radius 1 is 0.862 bits per heavy atom. The first-order chi connectivity index (χ1) is 14.1. The van der Waals surface area contributed by atoms with E-state index in [1.807, 2.05) is 18.2 Å². The zero-order valence-corrected chi connectivity index (χ0v) is 15.8. The number of ether oxygens (including phenoxy) is 1. The number of anilines is 1. The van der Waals surface area contributed by atoms with Gasteiger partial charge in [-0.05, 0) is 60.7 Å². The van der Waals surface area contributed by atoms with E-state index in [1.165, 1.54) is 6.20 Å². The minimum atomic E-state index is -0.610. The topological polar surface area (TPSA) is 81.2 Å². The molecule has 0 bridgehead atoms. The highest BCUT2D eigenvalue weighted by molar-refractivity contribution is 6.30. The number of hydrogen-bond acceptors (Lipinski definition) is 5. The Labute approximate surface area is 171 Å². The Balaban J connectivity index is 1.42. The van der Waals surface area contributed by atoms with Crippen LogP contribution in [-0.4, -0.2) is 21.8 Å². The number of aromatic nitrogens is 2. The quantitative estimate of drug-likeness (QED) is 0.392. The average molecular weight is 404 g/mol. The van der Waals surface area contributed by atoms with Gasteiger partial charge in [-0.2, -0.15) is 0 Å². The second kappa shape index (κ2) is 8.08. The molecular formula is C22H14ClN3O3. The van der Waals surface area contributed by atoms with Gasteiger partial charge in [-0.3, -0.25) is 9.78 Å². The number of rotatable bonds is 4. The van der Waals surface area contributed by atoms with Crippen molar-refractivity contribution in [3.05, 3.63) is 95.3 Å². The number of carbonyl (C=O) groups is 2.